The van der Waals surface area contributed by atoms with Crippen molar-refractivity contribution in [2.75, 3.05) is 25.0 Å². The number of carbonyl (C=O) groups is 2. The maximum atomic E-state index is 14.0. The molecule has 0 heterocycles. The summed E-state index contributed by atoms with van der Waals surface area (Å²) in [6.07, 6.45) is 0.288. The summed E-state index contributed by atoms with van der Waals surface area (Å²) in [4.78, 5) is 28.2. The third-order valence-corrected chi connectivity index (χ3v) is 8.56. The summed E-state index contributed by atoms with van der Waals surface area (Å²) in [7, 11) is -1.31. The molecule has 1 atom stereocenters. The molecule has 208 valence electrons. The monoisotopic (exact) mass is 591 g/mol. The van der Waals surface area contributed by atoms with E-state index in [4.69, 9.17) is 27.9 Å². The molecule has 11 heteroatoms. The summed E-state index contributed by atoms with van der Waals surface area (Å²) in [5.74, 6) is -0.709. The number of rotatable bonds is 11. The van der Waals surface area contributed by atoms with Crippen LogP contribution in [0.1, 0.15) is 24.5 Å². The Morgan fingerprint density at radius 2 is 1.72 bits per heavy atom. The average Bonchev–Trinajstić information content (AvgIpc) is 2.92. The molecule has 3 rings (SSSR count). The number of likely N-dealkylation sites (N-methyl/N-ethyl adjacent to an activating group) is 1. The Morgan fingerprint density at radius 3 is 2.31 bits per heavy atom. The Morgan fingerprint density at radius 1 is 1.03 bits per heavy atom. The number of methoxy groups -OCH3 is 1. The second-order valence-electron chi connectivity index (χ2n) is 8.80. The lowest BCUT2D eigenvalue weighted by Gasteiger charge is -2.33. The van der Waals surface area contributed by atoms with Crippen molar-refractivity contribution in [1.29, 1.82) is 0 Å². The molecule has 0 unspecified atom stereocenters. The molecule has 0 saturated heterocycles. The van der Waals surface area contributed by atoms with Crippen LogP contribution in [0.2, 0.25) is 10.0 Å². The van der Waals surface area contributed by atoms with E-state index in [9.17, 15) is 18.0 Å². The zero-order valence-corrected chi connectivity index (χ0v) is 24.5. The van der Waals surface area contributed by atoms with Gasteiger partial charge in [0.15, 0.2) is 0 Å². The predicted octanol–water partition coefficient (Wildman–Crippen LogP) is 5.06. The van der Waals surface area contributed by atoms with Gasteiger partial charge >= 0.3 is 0 Å². The number of amides is 2. The lowest BCUT2D eigenvalue weighted by Crippen LogP contribution is -2.51. The van der Waals surface area contributed by atoms with Crippen molar-refractivity contribution < 1.29 is 22.7 Å². The summed E-state index contributed by atoms with van der Waals surface area (Å²) in [6.45, 7) is 2.96. The number of hydrogen-bond donors (Lipinski definition) is 1. The van der Waals surface area contributed by atoms with E-state index in [0.29, 0.717) is 15.6 Å². The molecule has 8 nitrogen and oxygen atoms in total. The van der Waals surface area contributed by atoms with Gasteiger partial charge in [-0.2, -0.15) is 0 Å². The Kier molecular flexibility index (Phi) is 10.2. The van der Waals surface area contributed by atoms with Crippen molar-refractivity contribution in [3.05, 3.63) is 87.9 Å². The van der Waals surface area contributed by atoms with Gasteiger partial charge in [0.25, 0.3) is 10.0 Å². The van der Waals surface area contributed by atoms with Crippen molar-refractivity contribution in [2.24, 2.45) is 0 Å². The molecular formula is C28H31Cl2N3O5S. The summed E-state index contributed by atoms with van der Waals surface area (Å²) < 4.78 is 34.4. The van der Waals surface area contributed by atoms with E-state index in [0.717, 1.165) is 9.87 Å². The molecule has 0 aliphatic carbocycles. The smallest absolute Gasteiger partial charge is 0.264 e. The number of anilines is 1. The molecular weight excluding hydrogens is 561 g/mol. The van der Waals surface area contributed by atoms with Crippen LogP contribution < -0.4 is 14.4 Å². The third kappa shape index (κ3) is 7.03. The first-order valence-electron chi connectivity index (χ1n) is 12.2. The molecule has 2 amide bonds. The zero-order chi connectivity index (χ0) is 28.7. The number of nitrogens with zero attached hydrogens (tertiary/aromatic N) is 2. The van der Waals surface area contributed by atoms with Gasteiger partial charge in [0.2, 0.25) is 11.8 Å². The van der Waals surface area contributed by atoms with Crippen molar-refractivity contribution in [1.82, 2.24) is 10.2 Å². The van der Waals surface area contributed by atoms with Crippen molar-refractivity contribution >= 4 is 50.7 Å². The second-order valence-corrected chi connectivity index (χ2v) is 11.5. The van der Waals surface area contributed by atoms with Crippen LogP contribution >= 0.6 is 23.2 Å². The predicted molar refractivity (Wildman–Crippen MR) is 154 cm³/mol. The normalized spacial score (nSPS) is 11.9. The van der Waals surface area contributed by atoms with Crippen LogP contribution in [0.3, 0.4) is 0 Å². The highest BCUT2D eigenvalue weighted by Gasteiger charge is 2.34. The number of sulfonamides is 1. The SMILES string of the molecule is CC[C@@H](C(=O)NC)N(Cc1ccc(Cl)cc1Cl)C(=O)CN(c1cc(C)ccc1OC)S(=O)(=O)c1ccccc1. The maximum Gasteiger partial charge on any atom is 0.264 e. The largest absolute Gasteiger partial charge is 0.495 e. The quantitative estimate of drug-likeness (QED) is 0.336. The standard InChI is InChI=1S/C28H31Cl2N3O5S/c1-5-24(28(35)31-3)32(17-20-12-13-21(29)16-23(20)30)27(34)18-33(25-15-19(2)11-14-26(25)38-4)39(36,37)22-9-7-6-8-10-22/h6-16,24H,5,17-18H2,1-4H3,(H,31,35)/t24-/m0/s1. The fourth-order valence-corrected chi connectivity index (χ4v) is 6.05. The zero-order valence-electron chi connectivity index (χ0n) is 22.1. The van der Waals surface area contributed by atoms with E-state index in [1.54, 1.807) is 61.5 Å². The van der Waals surface area contributed by atoms with Crippen LogP contribution in [0.4, 0.5) is 5.69 Å². The van der Waals surface area contributed by atoms with Gasteiger partial charge in [-0.3, -0.25) is 13.9 Å². The Bertz CT molecular complexity index is 1430. The lowest BCUT2D eigenvalue weighted by atomic mass is 10.1. The Balaban J connectivity index is 2.14. The summed E-state index contributed by atoms with van der Waals surface area (Å²) in [5, 5.41) is 3.33. The summed E-state index contributed by atoms with van der Waals surface area (Å²) in [6, 6.07) is 16.9. The summed E-state index contributed by atoms with van der Waals surface area (Å²) in [5.41, 5.74) is 1.53. The first-order valence-corrected chi connectivity index (χ1v) is 14.4. The third-order valence-electron chi connectivity index (χ3n) is 6.20. The number of nitrogens with one attached hydrogen (secondary N) is 1. The number of benzene rings is 3. The second kappa shape index (κ2) is 13.2. The van der Waals surface area contributed by atoms with E-state index in [2.05, 4.69) is 5.32 Å². The number of aryl methyl sites for hydroxylation is 1. The number of carbonyl (C=O) groups excluding carboxylic acids is 2. The van der Waals surface area contributed by atoms with Crippen LogP contribution in [-0.2, 0) is 26.2 Å². The molecule has 0 aromatic heterocycles. The highest BCUT2D eigenvalue weighted by atomic mass is 35.5. The first-order chi connectivity index (χ1) is 18.5. The molecule has 1 N–H and O–H groups in total. The van der Waals surface area contributed by atoms with Gasteiger partial charge in [0.05, 0.1) is 17.7 Å². The van der Waals surface area contributed by atoms with E-state index < -0.39 is 28.5 Å². The molecule has 0 fully saturated rings. The van der Waals surface area contributed by atoms with Gasteiger partial charge in [-0.1, -0.05) is 60.5 Å². The van der Waals surface area contributed by atoms with E-state index >= 15 is 0 Å². The molecule has 0 bridgehead atoms. The van der Waals surface area contributed by atoms with Gasteiger partial charge in [0, 0.05) is 23.6 Å². The van der Waals surface area contributed by atoms with E-state index in [1.807, 2.05) is 6.92 Å². The number of ether oxygens (including phenoxy) is 1. The van der Waals surface area contributed by atoms with Crippen LogP contribution in [-0.4, -0.2) is 51.9 Å². The summed E-state index contributed by atoms with van der Waals surface area (Å²) >= 11 is 12.5. The molecule has 0 radical (unpaired) electrons. The number of halogens is 2. The Hall–Kier alpha value is -3.27. The van der Waals surface area contributed by atoms with Crippen LogP contribution in [0, 0.1) is 6.92 Å². The minimum Gasteiger partial charge on any atom is -0.495 e. The highest BCUT2D eigenvalue weighted by Crippen LogP contribution is 2.34. The minimum atomic E-state index is -4.22. The van der Waals surface area contributed by atoms with Crippen molar-refractivity contribution in [2.45, 2.75) is 37.8 Å². The maximum absolute atomic E-state index is 14.0. The minimum absolute atomic E-state index is 0.00648. The molecule has 39 heavy (non-hydrogen) atoms. The van der Waals surface area contributed by atoms with Crippen molar-refractivity contribution in [3.63, 3.8) is 0 Å². The lowest BCUT2D eigenvalue weighted by molar-refractivity contribution is -0.140. The van der Waals surface area contributed by atoms with E-state index in [-0.39, 0.29) is 35.2 Å². The van der Waals surface area contributed by atoms with Crippen molar-refractivity contribution in [3.8, 4) is 5.75 Å². The molecule has 0 spiro atoms. The van der Waals surface area contributed by atoms with E-state index in [1.165, 1.54) is 31.2 Å². The van der Waals surface area contributed by atoms with Gasteiger partial charge in [-0.15, -0.1) is 0 Å². The van der Waals surface area contributed by atoms with Gasteiger partial charge in [0.1, 0.15) is 18.3 Å². The molecule has 3 aromatic carbocycles. The first kappa shape index (κ1) is 30.3. The fourth-order valence-electron chi connectivity index (χ4n) is 4.15. The molecule has 0 aliphatic heterocycles. The van der Waals surface area contributed by atoms with Gasteiger partial charge in [-0.25, -0.2) is 8.42 Å². The van der Waals surface area contributed by atoms with Crippen LogP contribution in [0.15, 0.2) is 71.6 Å². The molecule has 0 saturated carbocycles. The molecule has 0 aliphatic rings. The van der Waals surface area contributed by atoms with Gasteiger partial charge < -0.3 is 15.0 Å². The fraction of sp³-hybridized carbons (Fsp3) is 0.286. The Labute approximate surface area is 239 Å². The highest BCUT2D eigenvalue weighted by molar-refractivity contribution is 7.92. The van der Waals surface area contributed by atoms with Crippen LogP contribution in [0.5, 0.6) is 5.75 Å². The van der Waals surface area contributed by atoms with Crippen LogP contribution in [0.25, 0.3) is 0 Å². The molecule has 3 aromatic rings. The topological polar surface area (TPSA) is 96.0 Å². The average molecular weight is 593 g/mol. The van der Waals surface area contributed by atoms with Gasteiger partial charge in [-0.05, 0) is 60.9 Å². The number of hydrogen-bond acceptors (Lipinski definition) is 5.